The van der Waals surface area contributed by atoms with Gasteiger partial charge in [-0.1, -0.05) is 31.4 Å². The molecule has 2 N–H and O–H groups in total. The number of allylic oxidation sites excluding steroid dienone is 2. The Balaban J connectivity index is 1.21. The zero-order valence-corrected chi connectivity index (χ0v) is 18.4. The Kier molecular flexibility index (Phi) is 5.64. The maximum absolute atomic E-state index is 12.8. The first-order chi connectivity index (χ1) is 15.9. The van der Waals surface area contributed by atoms with Gasteiger partial charge in [-0.25, -0.2) is 0 Å². The molecule has 1 aromatic rings. The predicted molar refractivity (Wildman–Crippen MR) is 120 cm³/mol. The Hall–Kier alpha value is -3.23. The van der Waals surface area contributed by atoms with Crippen molar-refractivity contribution in [2.75, 3.05) is 18.4 Å². The van der Waals surface area contributed by atoms with E-state index in [0.29, 0.717) is 0 Å². The van der Waals surface area contributed by atoms with E-state index in [1.165, 1.54) is 23.5 Å². The summed E-state index contributed by atoms with van der Waals surface area (Å²) in [5.74, 6) is -0.751. The molecule has 9 heteroatoms. The van der Waals surface area contributed by atoms with Gasteiger partial charge >= 0.3 is 0 Å². The van der Waals surface area contributed by atoms with E-state index in [2.05, 4.69) is 10.6 Å². The van der Waals surface area contributed by atoms with Crippen molar-refractivity contribution in [2.24, 2.45) is 23.7 Å². The lowest BCUT2D eigenvalue weighted by molar-refractivity contribution is -0.384. The summed E-state index contributed by atoms with van der Waals surface area (Å²) in [6.07, 6.45) is 10.2. The van der Waals surface area contributed by atoms with Gasteiger partial charge in [-0.3, -0.25) is 29.4 Å². The molecule has 4 aliphatic rings. The van der Waals surface area contributed by atoms with Crippen molar-refractivity contribution in [3.05, 3.63) is 46.0 Å². The molecule has 3 fully saturated rings. The molecule has 33 heavy (non-hydrogen) atoms. The summed E-state index contributed by atoms with van der Waals surface area (Å²) in [6.45, 7) is 0.360. The first-order valence-corrected chi connectivity index (χ1v) is 11.8. The number of fused-ring (bicyclic) bond motifs is 5. The molecule has 9 nitrogen and oxygen atoms in total. The van der Waals surface area contributed by atoms with Gasteiger partial charge in [0, 0.05) is 30.8 Å². The number of nitrogens with one attached hydrogen (secondary N) is 2. The summed E-state index contributed by atoms with van der Waals surface area (Å²) < 4.78 is 0. The van der Waals surface area contributed by atoms with Crippen LogP contribution in [0.15, 0.2) is 30.4 Å². The van der Waals surface area contributed by atoms with Gasteiger partial charge in [0.2, 0.25) is 11.8 Å². The summed E-state index contributed by atoms with van der Waals surface area (Å²) in [6, 6.07) is 4.47. The molecule has 0 radical (unpaired) electrons. The highest BCUT2D eigenvalue weighted by molar-refractivity contribution is 6.06. The fourth-order valence-corrected chi connectivity index (χ4v) is 5.98. The number of amides is 3. The summed E-state index contributed by atoms with van der Waals surface area (Å²) in [5, 5.41) is 17.6. The van der Waals surface area contributed by atoms with Crippen LogP contribution in [0.4, 0.5) is 11.4 Å². The molecule has 0 aromatic heterocycles. The van der Waals surface area contributed by atoms with E-state index in [9.17, 15) is 24.5 Å². The van der Waals surface area contributed by atoms with Crippen molar-refractivity contribution in [3.63, 3.8) is 0 Å². The maximum Gasteiger partial charge on any atom is 0.293 e. The topological polar surface area (TPSA) is 122 Å². The average molecular weight is 453 g/mol. The number of nitrogens with zero attached hydrogens (tertiary/aromatic N) is 2. The Morgan fingerprint density at radius 1 is 1.06 bits per heavy atom. The fourth-order valence-electron chi connectivity index (χ4n) is 5.98. The number of anilines is 1. The van der Waals surface area contributed by atoms with E-state index < -0.39 is 4.92 Å². The zero-order chi connectivity index (χ0) is 23.1. The summed E-state index contributed by atoms with van der Waals surface area (Å²) >= 11 is 0. The van der Waals surface area contributed by atoms with Gasteiger partial charge in [0.25, 0.3) is 11.6 Å². The summed E-state index contributed by atoms with van der Waals surface area (Å²) in [4.78, 5) is 50.5. The second-order valence-electron chi connectivity index (χ2n) is 9.55. The minimum absolute atomic E-state index is 0.114. The Bertz CT molecular complexity index is 1000. The molecule has 4 atom stereocenters. The van der Waals surface area contributed by atoms with Crippen LogP contribution in [-0.2, 0) is 9.59 Å². The number of imide groups is 1. The molecule has 2 saturated carbocycles. The SMILES string of the molecule is O=C(NC1CCCCC1)c1ccc(NCCN2C(=O)[C@@H]3[C@H](C2=O)[C@H]2C=C[C@H]3C2)c([N+](=O)[O-])c1. The third-order valence-electron chi connectivity index (χ3n) is 7.61. The summed E-state index contributed by atoms with van der Waals surface area (Å²) in [7, 11) is 0. The third kappa shape index (κ3) is 3.89. The second-order valence-corrected chi connectivity index (χ2v) is 9.55. The Morgan fingerprint density at radius 3 is 2.36 bits per heavy atom. The number of nitro benzene ring substituents is 1. The number of benzene rings is 1. The lowest BCUT2D eigenvalue weighted by Gasteiger charge is -2.22. The Labute approximate surface area is 191 Å². The number of carbonyl (C=O) groups excluding carboxylic acids is 3. The number of nitro groups is 1. The van der Waals surface area contributed by atoms with Crippen molar-refractivity contribution in [1.82, 2.24) is 10.2 Å². The van der Waals surface area contributed by atoms with E-state index >= 15 is 0 Å². The van der Waals surface area contributed by atoms with Gasteiger partial charge in [-0.2, -0.15) is 0 Å². The zero-order valence-electron chi connectivity index (χ0n) is 18.4. The minimum atomic E-state index is -0.528. The third-order valence-corrected chi connectivity index (χ3v) is 7.61. The van der Waals surface area contributed by atoms with E-state index in [1.807, 2.05) is 12.2 Å². The van der Waals surface area contributed by atoms with Crippen LogP contribution >= 0.6 is 0 Å². The highest BCUT2D eigenvalue weighted by Crippen LogP contribution is 2.52. The molecular formula is C24H28N4O5. The molecule has 3 amide bonds. The number of rotatable bonds is 7. The fraction of sp³-hybridized carbons (Fsp3) is 0.542. The lowest BCUT2D eigenvalue weighted by Crippen LogP contribution is -2.36. The molecule has 174 valence electrons. The van der Waals surface area contributed by atoms with Crippen molar-refractivity contribution in [1.29, 1.82) is 0 Å². The smallest absolute Gasteiger partial charge is 0.293 e. The van der Waals surface area contributed by atoms with Gasteiger partial charge in [0.1, 0.15) is 5.69 Å². The first kappa shape index (κ1) is 21.6. The predicted octanol–water partition coefficient (Wildman–Crippen LogP) is 2.88. The molecule has 1 heterocycles. The number of hydrogen-bond donors (Lipinski definition) is 2. The molecule has 1 aromatic carbocycles. The highest BCUT2D eigenvalue weighted by atomic mass is 16.6. The summed E-state index contributed by atoms with van der Waals surface area (Å²) in [5.41, 5.74) is 0.304. The molecule has 3 aliphatic carbocycles. The number of likely N-dealkylation sites (tertiary alicyclic amines) is 1. The molecular weight excluding hydrogens is 424 g/mol. The molecule has 2 bridgehead atoms. The van der Waals surface area contributed by atoms with Crippen molar-refractivity contribution >= 4 is 29.1 Å². The van der Waals surface area contributed by atoms with Gasteiger partial charge in [-0.15, -0.1) is 0 Å². The van der Waals surface area contributed by atoms with Crippen molar-refractivity contribution in [3.8, 4) is 0 Å². The highest BCUT2D eigenvalue weighted by Gasteiger charge is 2.58. The molecule has 1 saturated heterocycles. The maximum atomic E-state index is 12.8. The first-order valence-electron chi connectivity index (χ1n) is 11.8. The number of carbonyl (C=O) groups is 3. The largest absolute Gasteiger partial charge is 0.378 e. The standard InChI is InChI=1S/C24H28N4O5/c29-22(26-17-4-2-1-3-5-17)16-8-9-18(19(13-16)28(32)33)25-10-11-27-23(30)20-14-6-7-15(12-14)21(20)24(27)31/h6-9,13-15,17,20-21,25H,1-5,10-12H2,(H,26,29)/t14-,15-,20-,21+/m0/s1. The molecule has 1 aliphatic heterocycles. The van der Waals surface area contributed by atoms with Crippen LogP contribution in [0.2, 0.25) is 0 Å². The molecule has 0 unspecified atom stereocenters. The quantitative estimate of drug-likeness (QED) is 0.284. The van der Waals surface area contributed by atoms with Crippen LogP contribution in [0.1, 0.15) is 48.9 Å². The average Bonchev–Trinajstić information content (AvgIpc) is 3.49. The second kappa shape index (κ2) is 8.61. The lowest BCUT2D eigenvalue weighted by atomic mass is 9.85. The van der Waals surface area contributed by atoms with Crippen LogP contribution in [0.5, 0.6) is 0 Å². The van der Waals surface area contributed by atoms with Crippen LogP contribution in [0.3, 0.4) is 0 Å². The van der Waals surface area contributed by atoms with E-state index in [0.717, 1.165) is 32.1 Å². The van der Waals surface area contributed by atoms with Gasteiger partial charge in [0.05, 0.1) is 16.8 Å². The van der Waals surface area contributed by atoms with E-state index in [-0.39, 0.29) is 77.5 Å². The van der Waals surface area contributed by atoms with Crippen LogP contribution in [-0.4, -0.2) is 46.7 Å². The normalized spacial score (nSPS) is 28.3. The van der Waals surface area contributed by atoms with E-state index in [4.69, 9.17) is 0 Å². The van der Waals surface area contributed by atoms with Crippen LogP contribution in [0, 0.1) is 33.8 Å². The van der Waals surface area contributed by atoms with Crippen LogP contribution in [0.25, 0.3) is 0 Å². The van der Waals surface area contributed by atoms with Crippen LogP contribution < -0.4 is 10.6 Å². The van der Waals surface area contributed by atoms with E-state index in [1.54, 1.807) is 6.07 Å². The van der Waals surface area contributed by atoms with Crippen molar-refractivity contribution < 1.29 is 19.3 Å². The van der Waals surface area contributed by atoms with Crippen molar-refractivity contribution in [2.45, 2.75) is 44.6 Å². The van der Waals surface area contributed by atoms with Gasteiger partial charge in [0.15, 0.2) is 0 Å². The van der Waals surface area contributed by atoms with Gasteiger partial charge in [-0.05, 0) is 43.2 Å². The molecule has 5 rings (SSSR count). The Morgan fingerprint density at radius 2 is 1.73 bits per heavy atom. The molecule has 0 spiro atoms. The van der Waals surface area contributed by atoms with Gasteiger partial charge < -0.3 is 10.6 Å². The number of hydrogen-bond acceptors (Lipinski definition) is 6. The monoisotopic (exact) mass is 452 g/mol. The minimum Gasteiger partial charge on any atom is -0.378 e.